The Hall–Kier alpha value is -3.96. The number of hydrogen-bond acceptors (Lipinski definition) is 6. The second-order valence-electron chi connectivity index (χ2n) is 6.69. The van der Waals surface area contributed by atoms with Gasteiger partial charge >= 0.3 is 0 Å². The van der Waals surface area contributed by atoms with E-state index in [1.165, 1.54) is 47.6 Å². The summed E-state index contributed by atoms with van der Waals surface area (Å²) in [5.41, 5.74) is 0.602. The van der Waals surface area contributed by atoms with Crippen molar-refractivity contribution in [1.29, 1.82) is 5.26 Å². The Balaban J connectivity index is 1.94. The maximum atomic E-state index is 13.9. The number of benzene rings is 2. The molecule has 1 N–H and O–H groups in total. The lowest BCUT2D eigenvalue weighted by molar-refractivity contribution is -0.132. The first-order valence-corrected chi connectivity index (χ1v) is 10.0. The van der Waals surface area contributed by atoms with Crippen LogP contribution >= 0.6 is 11.3 Å². The van der Waals surface area contributed by atoms with Crippen LogP contribution in [-0.4, -0.2) is 23.9 Å². The van der Waals surface area contributed by atoms with Crippen LogP contribution in [0.15, 0.2) is 65.6 Å². The molecular formula is C23H15FN2O4S. The van der Waals surface area contributed by atoms with Gasteiger partial charge in [-0.2, -0.15) is 5.26 Å². The lowest BCUT2D eigenvalue weighted by Gasteiger charge is -2.24. The number of hydrogen-bond donors (Lipinski definition) is 1. The average molecular weight is 434 g/mol. The van der Waals surface area contributed by atoms with Gasteiger partial charge in [0.2, 0.25) is 0 Å². The molecule has 0 bridgehead atoms. The van der Waals surface area contributed by atoms with Crippen molar-refractivity contribution < 1.29 is 23.8 Å². The smallest absolute Gasteiger partial charge is 0.300 e. The van der Waals surface area contributed by atoms with E-state index in [-0.39, 0.29) is 16.9 Å². The van der Waals surface area contributed by atoms with E-state index < -0.39 is 29.3 Å². The summed E-state index contributed by atoms with van der Waals surface area (Å²) < 4.78 is 19.1. The third-order valence-electron chi connectivity index (χ3n) is 4.95. The van der Waals surface area contributed by atoms with Crippen molar-refractivity contribution in [3.05, 3.63) is 87.4 Å². The molecule has 0 radical (unpaired) electrons. The number of methoxy groups -OCH3 is 1. The van der Waals surface area contributed by atoms with Crippen LogP contribution in [0.3, 0.4) is 0 Å². The van der Waals surface area contributed by atoms with E-state index in [0.717, 1.165) is 6.07 Å². The van der Waals surface area contributed by atoms with Crippen molar-refractivity contribution in [2.75, 3.05) is 12.0 Å². The van der Waals surface area contributed by atoms with Gasteiger partial charge in [-0.05, 0) is 53.9 Å². The Morgan fingerprint density at radius 2 is 1.94 bits per heavy atom. The van der Waals surface area contributed by atoms with Gasteiger partial charge in [0, 0.05) is 10.6 Å². The molecule has 0 aliphatic carbocycles. The van der Waals surface area contributed by atoms with Crippen LogP contribution in [0, 0.1) is 17.1 Å². The quantitative estimate of drug-likeness (QED) is 0.374. The Morgan fingerprint density at radius 3 is 2.55 bits per heavy atom. The van der Waals surface area contributed by atoms with E-state index in [4.69, 9.17) is 10.00 Å². The van der Waals surface area contributed by atoms with E-state index in [1.807, 2.05) is 6.07 Å². The number of amides is 1. The molecule has 2 heterocycles. The number of ether oxygens (including phenoxy) is 1. The summed E-state index contributed by atoms with van der Waals surface area (Å²) in [6, 6.07) is 14.3. The van der Waals surface area contributed by atoms with Gasteiger partial charge in [-0.3, -0.25) is 14.5 Å². The zero-order valence-electron chi connectivity index (χ0n) is 16.2. The molecule has 1 saturated heterocycles. The number of aliphatic hydroxyl groups excluding tert-OH is 1. The predicted molar refractivity (Wildman–Crippen MR) is 113 cm³/mol. The molecule has 6 nitrogen and oxygen atoms in total. The monoisotopic (exact) mass is 434 g/mol. The number of anilines is 1. The minimum atomic E-state index is -0.916. The Morgan fingerprint density at radius 1 is 1.19 bits per heavy atom. The van der Waals surface area contributed by atoms with E-state index in [2.05, 4.69) is 0 Å². The van der Waals surface area contributed by atoms with Crippen LogP contribution in [-0.2, 0) is 9.59 Å². The van der Waals surface area contributed by atoms with Gasteiger partial charge in [-0.25, -0.2) is 4.39 Å². The molecule has 154 valence electrons. The molecule has 1 amide bonds. The van der Waals surface area contributed by atoms with E-state index in [9.17, 15) is 19.1 Å². The molecular weight excluding hydrogens is 419 g/mol. The van der Waals surface area contributed by atoms with Crippen LogP contribution in [0.25, 0.3) is 5.76 Å². The highest BCUT2D eigenvalue weighted by atomic mass is 32.1. The number of carbonyl (C=O) groups excluding carboxylic acids is 2. The summed E-state index contributed by atoms with van der Waals surface area (Å²) in [5.74, 6) is -2.72. The van der Waals surface area contributed by atoms with Gasteiger partial charge < -0.3 is 9.84 Å². The molecule has 3 aromatic rings. The first-order valence-electron chi connectivity index (χ1n) is 9.14. The number of ketones is 1. The molecule has 1 aromatic heterocycles. The molecule has 0 spiro atoms. The molecule has 1 aliphatic rings. The highest BCUT2D eigenvalue weighted by Gasteiger charge is 2.47. The standard InChI is InChI=1S/C23H15FN2O4S/c1-30-17-9-6-14(24)11-16(17)21(27)19-20(18-3-2-10-31-18)26(23(29)22(19)28)15-7-4-13(12-25)5-8-15/h2-11,20,27H,1H3/b21-19-. The summed E-state index contributed by atoms with van der Waals surface area (Å²) in [4.78, 5) is 27.9. The zero-order chi connectivity index (χ0) is 22.1. The maximum absolute atomic E-state index is 13.9. The molecule has 1 fully saturated rings. The lowest BCUT2D eigenvalue weighted by Crippen LogP contribution is -2.29. The molecule has 2 aromatic carbocycles. The molecule has 1 aliphatic heterocycles. The molecule has 1 unspecified atom stereocenters. The highest BCUT2D eigenvalue weighted by Crippen LogP contribution is 2.44. The average Bonchev–Trinajstić information content (AvgIpc) is 3.40. The topological polar surface area (TPSA) is 90.6 Å². The number of nitriles is 1. The molecule has 8 heteroatoms. The molecule has 1 atom stereocenters. The number of aliphatic hydroxyl groups is 1. The van der Waals surface area contributed by atoms with Gasteiger partial charge in [0.15, 0.2) is 0 Å². The van der Waals surface area contributed by atoms with Crippen LogP contribution in [0.2, 0.25) is 0 Å². The summed E-state index contributed by atoms with van der Waals surface area (Å²) in [5, 5.41) is 21.9. The number of nitrogens with zero attached hydrogens (tertiary/aromatic N) is 2. The zero-order valence-corrected chi connectivity index (χ0v) is 17.0. The number of halogens is 1. The molecule has 31 heavy (non-hydrogen) atoms. The number of thiophene rings is 1. The number of carbonyl (C=O) groups is 2. The minimum absolute atomic E-state index is 0.0260. The van der Waals surface area contributed by atoms with Crippen LogP contribution in [0.5, 0.6) is 5.75 Å². The van der Waals surface area contributed by atoms with Crippen molar-refractivity contribution in [2.24, 2.45) is 0 Å². The van der Waals surface area contributed by atoms with Gasteiger partial charge in [-0.15, -0.1) is 11.3 Å². The number of rotatable bonds is 4. The van der Waals surface area contributed by atoms with E-state index in [0.29, 0.717) is 16.1 Å². The van der Waals surface area contributed by atoms with Crippen molar-refractivity contribution in [3.8, 4) is 11.8 Å². The van der Waals surface area contributed by atoms with Gasteiger partial charge in [0.1, 0.15) is 23.4 Å². The molecule has 4 rings (SSSR count). The largest absolute Gasteiger partial charge is 0.507 e. The third kappa shape index (κ3) is 3.45. The fourth-order valence-electron chi connectivity index (χ4n) is 3.52. The first kappa shape index (κ1) is 20.3. The van der Waals surface area contributed by atoms with E-state index >= 15 is 0 Å². The van der Waals surface area contributed by atoms with Gasteiger partial charge in [0.25, 0.3) is 11.7 Å². The Kier molecular flexibility index (Phi) is 5.28. The summed E-state index contributed by atoms with van der Waals surface area (Å²) in [7, 11) is 1.36. The van der Waals surface area contributed by atoms with Crippen LogP contribution in [0.1, 0.15) is 22.0 Å². The van der Waals surface area contributed by atoms with Gasteiger partial charge in [0.05, 0.1) is 29.9 Å². The fraction of sp³-hybridized carbons (Fsp3) is 0.0870. The normalized spacial score (nSPS) is 17.6. The Labute approximate surface area is 181 Å². The van der Waals surface area contributed by atoms with Crippen molar-refractivity contribution in [3.63, 3.8) is 0 Å². The maximum Gasteiger partial charge on any atom is 0.300 e. The fourth-order valence-corrected chi connectivity index (χ4v) is 4.35. The van der Waals surface area contributed by atoms with Gasteiger partial charge in [-0.1, -0.05) is 6.07 Å². The second kappa shape index (κ2) is 8.05. The summed E-state index contributed by atoms with van der Waals surface area (Å²) in [6.07, 6.45) is 0. The Bertz CT molecular complexity index is 1240. The third-order valence-corrected chi connectivity index (χ3v) is 5.87. The summed E-state index contributed by atoms with van der Waals surface area (Å²) in [6.45, 7) is 0. The molecule has 0 saturated carbocycles. The van der Waals surface area contributed by atoms with Crippen LogP contribution in [0.4, 0.5) is 10.1 Å². The lowest BCUT2D eigenvalue weighted by atomic mass is 9.99. The van der Waals surface area contributed by atoms with Crippen molar-refractivity contribution >= 4 is 34.5 Å². The van der Waals surface area contributed by atoms with Crippen molar-refractivity contribution in [2.45, 2.75) is 6.04 Å². The predicted octanol–water partition coefficient (Wildman–Crippen LogP) is 4.39. The SMILES string of the molecule is COc1ccc(F)cc1/C(O)=C1/C(=O)C(=O)N(c2ccc(C#N)cc2)C1c1cccs1. The van der Waals surface area contributed by atoms with Crippen LogP contribution < -0.4 is 9.64 Å². The number of Topliss-reactive ketones (excluding diaryl/α,β-unsaturated/α-hetero) is 1. The van der Waals surface area contributed by atoms with E-state index in [1.54, 1.807) is 29.6 Å². The highest BCUT2D eigenvalue weighted by molar-refractivity contribution is 7.10. The summed E-state index contributed by atoms with van der Waals surface area (Å²) >= 11 is 1.31. The first-order chi connectivity index (χ1) is 15.0. The second-order valence-corrected chi connectivity index (χ2v) is 7.67. The minimum Gasteiger partial charge on any atom is -0.507 e. The van der Waals surface area contributed by atoms with Crippen molar-refractivity contribution in [1.82, 2.24) is 0 Å².